The van der Waals surface area contributed by atoms with Gasteiger partial charge in [0.05, 0.1) is 4.88 Å². The fraction of sp³-hybridized carbons (Fsp3) is 0.611. The summed E-state index contributed by atoms with van der Waals surface area (Å²) >= 11 is 1.48. The van der Waals surface area contributed by atoms with E-state index in [0.717, 1.165) is 64.7 Å². The SMILES string of the molecule is CCCN1CCC(NC(=O)c2sc3nc(C)nc(C)c3c2C)CC1. The molecule has 0 bridgehead atoms. The highest BCUT2D eigenvalue weighted by Crippen LogP contribution is 2.31. The maximum absolute atomic E-state index is 12.7. The Morgan fingerprint density at radius 1 is 1.25 bits per heavy atom. The molecule has 2 aromatic rings. The molecule has 130 valence electrons. The molecule has 1 N–H and O–H groups in total. The number of fused-ring (bicyclic) bond motifs is 1. The van der Waals surface area contributed by atoms with Crippen LogP contribution in [0.4, 0.5) is 0 Å². The summed E-state index contributed by atoms with van der Waals surface area (Å²) < 4.78 is 0. The average molecular weight is 347 g/mol. The van der Waals surface area contributed by atoms with Gasteiger partial charge < -0.3 is 10.2 Å². The van der Waals surface area contributed by atoms with Crippen molar-refractivity contribution in [1.82, 2.24) is 20.2 Å². The molecule has 1 aliphatic heterocycles. The molecule has 0 atom stereocenters. The normalized spacial score (nSPS) is 16.7. The van der Waals surface area contributed by atoms with E-state index in [1.807, 2.05) is 20.8 Å². The standard InChI is InChI=1S/C18H26N4OS/c1-5-8-22-9-6-14(7-10-22)21-17(23)16-11(2)15-12(3)19-13(4)20-18(15)24-16/h14H,5-10H2,1-4H3,(H,21,23). The van der Waals surface area contributed by atoms with E-state index in [1.165, 1.54) is 17.8 Å². The van der Waals surface area contributed by atoms with Gasteiger partial charge in [-0.2, -0.15) is 0 Å². The molecule has 0 spiro atoms. The number of carbonyl (C=O) groups is 1. The number of amides is 1. The zero-order chi connectivity index (χ0) is 17.3. The molecule has 0 radical (unpaired) electrons. The Kier molecular flexibility index (Phi) is 5.15. The number of piperidine rings is 1. The molecule has 24 heavy (non-hydrogen) atoms. The lowest BCUT2D eigenvalue weighted by atomic mass is 10.0. The molecule has 1 saturated heterocycles. The summed E-state index contributed by atoms with van der Waals surface area (Å²) in [6, 6.07) is 0.282. The van der Waals surface area contributed by atoms with Crippen LogP contribution in [0.25, 0.3) is 10.2 Å². The van der Waals surface area contributed by atoms with Gasteiger partial charge in [-0.25, -0.2) is 9.97 Å². The molecule has 0 saturated carbocycles. The highest BCUT2D eigenvalue weighted by atomic mass is 32.1. The molecule has 0 aliphatic carbocycles. The molecular weight excluding hydrogens is 320 g/mol. The third-order valence-electron chi connectivity index (χ3n) is 4.75. The number of thiophene rings is 1. The van der Waals surface area contributed by atoms with Crippen LogP contribution in [0.1, 0.15) is 52.9 Å². The van der Waals surface area contributed by atoms with E-state index in [2.05, 4.69) is 27.1 Å². The molecule has 3 rings (SSSR count). The third kappa shape index (κ3) is 3.44. The van der Waals surface area contributed by atoms with Crippen molar-refractivity contribution in [2.45, 2.75) is 53.0 Å². The largest absolute Gasteiger partial charge is 0.349 e. The van der Waals surface area contributed by atoms with E-state index in [-0.39, 0.29) is 11.9 Å². The Balaban J connectivity index is 1.73. The summed E-state index contributed by atoms with van der Waals surface area (Å²) in [7, 11) is 0. The lowest BCUT2D eigenvalue weighted by Gasteiger charge is -2.32. The second-order valence-corrected chi connectivity index (χ2v) is 7.68. The smallest absolute Gasteiger partial charge is 0.261 e. The number of aromatic nitrogens is 2. The van der Waals surface area contributed by atoms with Crippen LogP contribution in [0, 0.1) is 20.8 Å². The molecule has 6 heteroatoms. The van der Waals surface area contributed by atoms with Crippen molar-refractivity contribution in [1.29, 1.82) is 0 Å². The molecule has 1 amide bonds. The second-order valence-electron chi connectivity index (χ2n) is 6.68. The summed E-state index contributed by atoms with van der Waals surface area (Å²) in [4.78, 5) is 25.9. The first kappa shape index (κ1) is 17.3. The van der Waals surface area contributed by atoms with Gasteiger partial charge in [0.1, 0.15) is 10.7 Å². The van der Waals surface area contributed by atoms with Crippen LogP contribution in [0.15, 0.2) is 0 Å². The number of carbonyl (C=O) groups excluding carboxylic acids is 1. The monoisotopic (exact) mass is 346 g/mol. The second kappa shape index (κ2) is 7.15. The molecule has 1 fully saturated rings. The molecule has 2 aromatic heterocycles. The van der Waals surface area contributed by atoms with Gasteiger partial charge in [-0.05, 0) is 52.1 Å². The van der Waals surface area contributed by atoms with Gasteiger partial charge in [-0.1, -0.05) is 6.92 Å². The fourth-order valence-electron chi connectivity index (χ4n) is 3.56. The predicted octanol–water partition coefficient (Wildman–Crippen LogP) is 3.22. The first-order valence-corrected chi connectivity index (χ1v) is 9.58. The number of rotatable bonds is 4. The lowest BCUT2D eigenvalue weighted by molar-refractivity contribution is 0.0915. The molecule has 5 nitrogen and oxygen atoms in total. The molecule has 3 heterocycles. The van der Waals surface area contributed by atoms with Crippen molar-refractivity contribution >= 4 is 27.5 Å². The van der Waals surface area contributed by atoms with Crippen LogP contribution in [0.3, 0.4) is 0 Å². The van der Waals surface area contributed by atoms with Crippen molar-refractivity contribution in [3.05, 3.63) is 22.0 Å². The Morgan fingerprint density at radius 3 is 2.62 bits per heavy atom. The van der Waals surface area contributed by atoms with Crippen molar-refractivity contribution in [2.75, 3.05) is 19.6 Å². The predicted molar refractivity (Wildman–Crippen MR) is 98.8 cm³/mol. The topological polar surface area (TPSA) is 58.1 Å². The van der Waals surface area contributed by atoms with Crippen molar-refractivity contribution in [3.8, 4) is 0 Å². The van der Waals surface area contributed by atoms with Crippen LogP contribution < -0.4 is 5.32 Å². The minimum absolute atomic E-state index is 0.0431. The van der Waals surface area contributed by atoms with Gasteiger partial charge in [0.15, 0.2) is 0 Å². The molecule has 0 aromatic carbocycles. The summed E-state index contributed by atoms with van der Waals surface area (Å²) in [6.45, 7) is 11.4. The number of nitrogens with zero attached hydrogens (tertiary/aromatic N) is 3. The Labute approximate surface area is 147 Å². The van der Waals surface area contributed by atoms with Gasteiger partial charge in [0.25, 0.3) is 5.91 Å². The van der Waals surface area contributed by atoms with Crippen LogP contribution in [-0.2, 0) is 0 Å². The van der Waals surface area contributed by atoms with Crippen LogP contribution >= 0.6 is 11.3 Å². The third-order valence-corrected chi connectivity index (χ3v) is 5.94. The van der Waals surface area contributed by atoms with E-state index in [1.54, 1.807) is 0 Å². The minimum atomic E-state index is 0.0431. The van der Waals surface area contributed by atoms with Crippen molar-refractivity contribution < 1.29 is 4.79 Å². The van der Waals surface area contributed by atoms with Gasteiger partial charge >= 0.3 is 0 Å². The number of aryl methyl sites for hydroxylation is 3. The first-order chi connectivity index (χ1) is 11.5. The van der Waals surface area contributed by atoms with E-state index >= 15 is 0 Å². The van der Waals surface area contributed by atoms with Gasteiger partial charge in [-0.3, -0.25) is 4.79 Å². The Morgan fingerprint density at radius 2 is 1.96 bits per heavy atom. The maximum Gasteiger partial charge on any atom is 0.261 e. The molecule has 1 aliphatic rings. The van der Waals surface area contributed by atoms with Gasteiger partial charge in [-0.15, -0.1) is 11.3 Å². The highest BCUT2D eigenvalue weighted by Gasteiger charge is 2.23. The van der Waals surface area contributed by atoms with E-state index in [0.29, 0.717) is 0 Å². The Bertz CT molecular complexity index is 747. The van der Waals surface area contributed by atoms with E-state index < -0.39 is 0 Å². The summed E-state index contributed by atoms with van der Waals surface area (Å²) in [5.41, 5.74) is 1.96. The number of nitrogens with one attached hydrogen (secondary N) is 1. The molecule has 0 unspecified atom stereocenters. The van der Waals surface area contributed by atoms with Crippen LogP contribution in [0.2, 0.25) is 0 Å². The quantitative estimate of drug-likeness (QED) is 0.923. The summed E-state index contributed by atoms with van der Waals surface area (Å²) in [5, 5.41) is 4.27. The van der Waals surface area contributed by atoms with Gasteiger partial charge in [0.2, 0.25) is 0 Å². The highest BCUT2D eigenvalue weighted by molar-refractivity contribution is 7.20. The fourth-order valence-corrected chi connectivity index (χ4v) is 4.74. The molecular formula is C18H26N4OS. The van der Waals surface area contributed by atoms with Crippen LogP contribution in [0.5, 0.6) is 0 Å². The minimum Gasteiger partial charge on any atom is -0.349 e. The van der Waals surface area contributed by atoms with E-state index in [9.17, 15) is 4.79 Å². The van der Waals surface area contributed by atoms with Crippen molar-refractivity contribution in [2.24, 2.45) is 0 Å². The summed E-state index contributed by atoms with van der Waals surface area (Å²) in [6.07, 6.45) is 3.26. The number of likely N-dealkylation sites (tertiary alicyclic amines) is 1. The lowest BCUT2D eigenvalue weighted by Crippen LogP contribution is -2.44. The number of hydrogen-bond donors (Lipinski definition) is 1. The maximum atomic E-state index is 12.7. The first-order valence-electron chi connectivity index (χ1n) is 8.77. The zero-order valence-corrected chi connectivity index (χ0v) is 15.8. The van der Waals surface area contributed by atoms with Crippen LogP contribution in [-0.4, -0.2) is 46.5 Å². The van der Waals surface area contributed by atoms with E-state index in [4.69, 9.17) is 0 Å². The summed E-state index contributed by atoms with van der Waals surface area (Å²) in [5.74, 6) is 0.804. The average Bonchev–Trinajstić information content (AvgIpc) is 2.86. The Hall–Kier alpha value is -1.53. The van der Waals surface area contributed by atoms with Crippen molar-refractivity contribution in [3.63, 3.8) is 0 Å². The van der Waals surface area contributed by atoms with Gasteiger partial charge in [0, 0.05) is 30.2 Å². The zero-order valence-electron chi connectivity index (χ0n) is 15.0. The number of hydrogen-bond acceptors (Lipinski definition) is 5.